The second-order valence-electron chi connectivity index (χ2n) is 21.9. The number of hydrogen-bond donors (Lipinski definition) is 1. The fourth-order valence-electron chi connectivity index (χ4n) is 8.59. The molecule has 0 saturated heterocycles. The number of unbranched alkanes of at least 4 members (excludes halogenated alkanes) is 29. The Balaban J connectivity index is 5.10. The molecule has 0 aliphatic rings. The maximum absolute atomic E-state index is 13.5. The van der Waals surface area contributed by atoms with Gasteiger partial charge >= 0.3 is 5.97 Å². The smallest absolute Gasteiger partial charge is 0.306 e. The lowest BCUT2D eigenvalue weighted by molar-refractivity contribution is -0.870. The molecule has 0 rings (SSSR count). The molecule has 1 N–H and O–H groups in total. The Kier molecular flexibility index (Phi) is 52.5. The molecule has 0 saturated carbocycles. The molecule has 0 radical (unpaired) electrons. The number of carbonyl (C=O) groups is 2. The highest BCUT2D eigenvalue weighted by Gasteiger charge is 2.27. The van der Waals surface area contributed by atoms with Crippen molar-refractivity contribution in [2.24, 2.45) is 0 Å². The second kappa shape index (κ2) is 54.5. The Morgan fingerprint density at radius 1 is 0.493 bits per heavy atom. The lowest BCUT2D eigenvalue weighted by Crippen LogP contribution is -2.47. The zero-order chi connectivity index (χ0) is 55.0. The van der Waals surface area contributed by atoms with Crippen molar-refractivity contribution in [1.82, 2.24) is 5.32 Å². The van der Waals surface area contributed by atoms with E-state index in [4.69, 9.17) is 13.8 Å². The summed E-state index contributed by atoms with van der Waals surface area (Å²) >= 11 is 0. The van der Waals surface area contributed by atoms with Gasteiger partial charge in [0.2, 0.25) is 5.91 Å². The average molecular weight is 1070 g/mol. The highest BCUT2D eigenvalue weighted by molar-refractivity contribution is 7.45. The van der Waals surface area contributed by atoms with E-state index in [1.807, 2.05) is 39.4 Å². The zero-order valence-electron chi connectivity index (χ0n) is 49.5. The number of nitrogens with zero attached hydrogens (tertiary/aromatic N) is 1. The molecule has 1 amide bonds. The van der Waals surface area contributed by atoms with Crippen LogP contribution in [0.15, 0.2) is 85.1 Å². The number of phosphoric ester groups is 1. The van der Waals surface area contributed by atoms with E-state index in [1.165, 1.54) is 135 Å². The average Bonchev–Trinajstić information content (AvgIpc) is 3.37. The predicted molar refractivity (Wildman–Crippen MR) is 321 cm³/mol. The van der Waals surface area contributed by atoms with Crippen LogP contribution in [-0.2, 0) is 27.9 Å². The monoisotopic (exact) mass is 1070 g/mol. The van der Waals surface area contributed by atoms with Crippen molar-refractivity contribution in [3.63, 3.8) is 0 Å². The summed E-state index contributed by atoms with van der Waals surface area (Å²) in [5.74, 6) is -0.569. The van der Waals surface area contributed by atoms with Crippen LogP contribution in [0.4, 0.5) is 0 Å². The fourth-order valence-corrected chi connectivity index (χ4v) is 9.31. The molecule has 0 aromatic carbocycles. The summed E-state index contributed by atoms with van der Waals surface area (Å²) in [5, 5.41) is 3.01. The third kappa shape index (κ3) is 55.7. The van der Waals surface area contributed by atoms with E-state index in [2.05, 4.69) is 92.9 Å². The van der Waals surface area contributed by atoms with Crippen LogP contribution in [0.3, 0.4) is 0 Å². The predicted octanol–water partition coefficient (Wildman–Crippen LogP) is 18.4. The molecule has 9 nitrogen and oxygen atoms in total. The largest absolute Gasteiger partial charge is 0.756 e. The van der Waals surface area contributed by atoms with Gasteiger partial charge in [0.15, 0.2) is 0 Å². The van der Waals surface area contributed by atoms with E-state index in [1.54, 1.807) is 0 Å². The lowest BCUT2D eigenvalue weighted by atomic mass is 10.0. The zero-order valence-corrected chi connectivity index (χ0v) is 50.4. The van der Waals surface area contributed by atoms with Crippen LogP contribution < -0.4 is 10.2 Å². The third-order valence-electron chi connectivity index (χ3n) is 13.4. The van der Waals surface area contributed by atoms with Crippen LogP contribution in [0.25, 0.3) is 0 Å². The number of hydrogen-bond acceptors (Lipinski definition) is 7. The molecule has 0 aromatic heterocycles. The van der Waals surface area contributed by atoms with Crippen LogP contribution >= 0.6 is 7.82 Å². The molecule has 0 aromatic rings. The minimum Gasteiger partial charge on any atom is -0.756 e. The molecule has 0 heterocycles. The van der Waals surface area contributed by atoms with E-state index >= 15 is 0 Å². The standard InChI is InChI=1S/C65H117N2O7P/c1-7-10-13-16-19-22-25-27-28-29-30-31-32-33-34-35-36-37-38-40-43-46-49-52-55-58-65(69)74-63(56-53-50-47-44-41-24-21-18-15-12-9-3)62(61-73-75(70,71)72-60-59-67(4,5)6)66-64(68)57-54-51-48-45-42-39-26-23-20-17-14-11-8-2/h11,14,17,19-20,22-23,26-28,30-31,53,56,62-63H,7-10,12-13,15-16,18,21,24-25,29,32-52,54-55,57-61H2,1-6H3,(H-,66,68,70,71)/b14-11+,20-17+,22-19-,26-23-,28-27-,31-30-,56-53-. The number of carbonyl (C=O) groups excluding carboxylic acids is 2. The summed E-state index contributed by atoms with van der Waals surface area (Å²) in [7, 11) is 1.16. The van der Waals surface area contributed by atoms with Crippen LogP contribution in [0.2, 0.25) is 0 Å². The van der Waals surface area contributed by atoms with E-state index in [0.29, 0.717) is 23.9 Å². The summed E-state index contributed by atoms with van der Waals surface area (Å²) in [4.78, 5) is 39.9. The van der Waals surface area contributed by atoms with E-state index in [0.717, 1.165) is 89.9 Å². The Morgan fingerprint density at radius 2 is 0.907 bits per heavy atom. The van der Waals surface area contributed by atoms with Gasteiger partial charge in [0.1, 0.15) is 19.3 Å². The lowest BCUT2D eigenvalue weighted by Gasteiger charge is -2.30. The Labute approximate surface area is 463 Å². The summed E-state index contributed by atoms with van der Waals surface area (Å²) in [6.07, 6.45) is 71.3. The van der Waals surface area contributed by atoms with E-state index < -0.39 is 26.6 Å². The number of rotatable bonds is 55. The first kappa shape index (κ1) is 72.2. The van der Waals surface area contributed by atoms with Crippen molar-refractivity contribution in [2.75, 3.05) is 40.9 Å². The number of nitrogens with one attached hydrogen (secondary N) is 1. The van der Waals surface area contributed by atoms with Crippen LogP contribution in [0.1, 0.15) is 265 Å². The summed E-state index contributed by atoms with van der Waals surface area (Å²) in [6.45, 7) is 6.66. The molecule has 10 heteroatoms. The molecule has 0 bridgehead atoms. The number of amides is 1. The maximum atomic E-state index is 13.5. The highest BCUT2D eigenvalue weighted by atomic mass is 31.2. The molecule has 3 atom stereocenters. The fraction of sp³-hybridized carbons (Fsp3) is 0.754. The summed E-state index contributed by atoms with van der Waals surface area (Å²) < 4.78 is 30.2. The molecule has 0 aliphatic carbocycles. The first-order valence-corrected chi connectivity index (χ1v) is 32.4. The minimum absolute atomic E-state index is 0.0299. The van der Waals surface area contributed by atoms with Gasteiger partial charge in [-0.25, -0.2) is 0 Å². The van der Waals surface area contributed by atoms with Crippen molar-refractivity contribution in [1.29, 1.82) is 0 Å². The molecule has 0 aliphatic heterocycles. The Morgan fingerprint density at radius 3 is 1.41 bits per heavy atom. The van der Waals surface area contributed by atoms with Gasteiger partial charge in [0, 0.05) is 12.8 Å². The normalized spacial score (nSPS) is 14.3. The number of quaternary nitrogens is 1. The molecule has 434 valence electrons. The number of esters is 1. The van der Waals surface area contributed by atoms with Crippen molar-refractivity contribution < 1.29 is 37.3 Å². The molecule has 0 fully saturated rings. The summed E-state index contributed by atoms with van der Waals surface area (Å²) in [5.41, 5.74) is 0. The molecular weight excluding hydrogens is 952 g/mol. The molecule has 3 unspecified atom stereocenters. The van der Waals surface area contributed by atoms with Crippen molar-refractivity contribution in [3.8, 4) is 0 Å². The number of likely N-dealkylation sites (N-methyl/N-ethyl adjacent to an activating group) is 1. The SMILES string of the molecule is CC/C=C/C=C/C=C\CCCCCCCC(=O)NC(COP(=O)([O-])OCC[N+](C)(C)C)C(/C=C\CCCCCCCCCCC)OC(=O)CCCCCCCCCCCCCC/C=C\C/C=C\C/C=C\CCCCC. The van der Waals surface area contributed by atoms with Crippen molar-refractivity contribution >= 4 is 19.7 Å². The Bertz CT molecular complexity index is 1560. The number of phosphoric acid groups is 1. The first-order valence-electron chi connectivity index (χ1n) is 30.9. The van der Waals surface area contributed by atoms with Gasteiger partial charge in [-0.1, -0.05) is 247 Å². The van der Waals surface area contributed by atoms with E-state index in [-0.39, 0.29) is 24.9 Å². The van der Waals surface area contributed by atoms with Gasteiger partial charge in [-0.05, 0) is 89.5 Å². The van der Waals surface area contributed by atoms with Gasteiger partial charge in [-0.15, -0.1) is 0 Å². The number of ether oxygens (including phenoxy) is 1. The van der Waals surface area contributed by atoms with Crippen LogP contribution in [0.5, 0.6) is 0 Å². The van der Waals surface area contributed by atoms with Gasteiger partial charge in [0.25, 0.3) is 7.82 Å². The first-order chi connectivity index (χ1) is 36.4. The van der Waals surface area contributed by atoms with Crippen LogP contribution in [0, 0.1) is 0 Å². The number of allylic oxidation sites excluding steroid dienone is 13. The van der Waals surface area contributed by atoms with Gasteiger partial charge < -0.3 is 28.5 Å². The second-order valence-corrected chi connectivity index (χ2v) is 23.3. The maximum Gasteiger partial charge on any atom is 0.306 e. The van der Waals surface area contributed by atoms with Crippen LogP contribution in [-0.4, -0.2) is 69.4 Å². The molecule has 0 spiro atoms. The molecular formula is C65H117N2O7P. The van der Waals surface area contributed by atoms with Crippen molar-refractivity contribution in [2.45, 2.75) is 277 Å². The topological polar surface area (TPSA) is 114 Å². The third-order valence-corrected chi connectivity index (χ3v) is 14.3. The van der Waals surface area contributed by atoms with Gasteiger partial charge in [0.05, 0.1) is 33.8 Å². The quantitative estimate of drug-likeness (QED) is 0.0161. The summed E-state index contributed by atoms with van der Waals surface area (Å²) in [6, 6.07) is -0.902. The highest BCUT2D eigenvalue weighted by Crippen LogP contribution is 2.38. The molecule has 75 heavy (non-hydrogen) atoms. The van der Waals surface area contributed by atoms with Gasteiger partial charge in [-0.3, -0.25) is 14.2 Å². The minimum atomic E-state index is -4.70. The Hall–Kier alpha value is -2.81. The van der Waals surface area contributed by atoms with Gasteiger partial charge in [-0.2, -0.15) is 0 Å². The van der Waals surface area contributed by atoms with Crippen molar-refractivity contribution in [3.05, 3.63) is 85.1 Å². The van der Waals surface area contributed by atoms with E-state index in [9.17, 15) is 19.0 Å².